The van der Waals surface area contributed by atoms with E-state index in [2.05, 4.69) is 46.0 Å². The molecule has 2 aromatic rings. The molecule has 2 heterocycles. The van der Waals surface area contributed by atoms with Crippen molar-refractivity contribution in [2.45, 2.75) is 26.4 Å². The molecule has 2 rings (SSSR count). The number of pyridine rings is 1. The van der Waals surface area contributed by atoms with Gasteiger partial charge in [0.1, 0.15) is 0 Å². The van der Waals surface area contributed by atoms with Gasteiger partial charge in [-0.1, -0.05) is 0 Å². The predicted octanol–water partition coefficient (Wildman–Crippen LogP) is 2.31. The fourth-order valence-corrected chi connectivity index (χ4v) is 1.82. The summed E-state index contributed by atoms with van der Waals surface area (Å²) < 4.78 is 0. The Bertz CT molecular complexity index is 463. The lowest BCUT2D eigenvalue weighted by Crippen LogP contribution is -2.22. The van der Waals surface area contributed by atoms with Crippen molar-refractivity contribution in [2.75, 3.05) is 7.05 Å². The van der Waals surface area contributed by atoms with Crippen LogP contribution in [0.15, 0.2) is 30.9 Å². The first-order valence-electron chi connectivity index (χ1n) is 5.77. The van der Waals surface area contributed by atoms with Gasteiger partial charge in [-0.2, -0.15) is 0 Å². The molecular formula is C13H18N4. The SMILES string of the molecule is Cc1[nH]cnc1CN(C)C(C)c1ccncc1. The van der Waals surface area contributed by atoms with Gasteiger partial charge in [0.2, 0.25) is 0 Å². The predicted molar refractivity (Wildman–Crippen MR) is 67.4 cm³/mol. The summed E-state index contributed by atoms with van der Waals surface area (Å²) in [5.41, 5.74) is 3.52. The average molecular weight is 230 g/mol. The molecule has 0 aliphatic heterocycles. The van der Waals surface area contributed by atoms with Gasteiger partial charge in [0.25, 0.3) is 0 Å². The van der Waals surface area contributed by atoms with Gasteiger partial charge in [0, 0.05) is 30.7 Å². The van der Waals surface area contributed by atoms with Crippen LogP contribution >= 0.6 is 0 Å². The second kappa shape index (κ2) is 5.10. The molecular weight excluding hydrogens is 212 g/mol. The summed E-state index contributed by atoms with van der Waals surface area (Å²) in [6.07, 6.45) is 5.41. The van der Waals surface area contributed by atoms with Crippen LogP contribution in [-0.4, -0.2) is 26.9 Å². The van der Waals surface area contributed by atoms with Crippen LogP contribution in [-0.2, 0) is 6.54 Å². The van der Waals surface area contributed by atoms with E-state index in [0.717, 1.165) is 17.9 Å². The zero-order valence-electron chi connectivity index (χ0n) is 10.5. The molecule has 0 bridgehead atoms. The number of aryl methyl sites for hydroxylation is 1. The van der Waals surface area contributed by atoms with Crippen LogP contribution in [0.3, 0.4) is 0 Å². The molecule has 1 atom stereocenters. The molecule has 0 aliphatic carbocycles. The van der Waals surface area contributed by atoms with Crippen LogP contribution in [0.4, 0.5) is 0 Å². The number of rotatable bonds is 4. The maximum atomic E-state index is 4.32. The van der Waals surface area contributed by atoms with E-state index in [0.29, 0.717) is 6.04 Å². The summed E-state index contributed by atoms with van der Waals surface area (Å²) in [7, 11) is 2.11. The summed E-state index contributed by atoms with van der Waals surface area (Å²) >= 11 is 0. The van der Waals surface area contributed by atoms with Crippen molar-refractivity contribution < 1.29 is 0 Å². The molecule has 0 saturated heterocycles. The second-order valence-corrected chi connectivity index (χ2v) is 4.35. The van der Waals surface area contributed by atoms with Gasteiger partial charge < -0.3 is 4.98 Å². The fraction of sp³-hybridized carbons (Fsp3) is 0.385. The fourth-order valence-electron chi connectivity index (χ4n) is 1.82. The van der Waals surface area contributed by atoms with Crippen LogP contribution in [0.2, 0.25) is 0 Å². The molecule has 2 aromatic heterocycles. The van der Waals surface area contributed by atoms with Crippen LogP contribution < -0.4 is 0 Å². The molecule has 90 valence electrons. The highest BCUT2D eigenvalue weighted by atomic mass is 15.1. The zero-order valence-corrected chi connectivity index (χ0v) is 10.5. The molecule has 0 fully saturated rings. The number of hydrogen-bond donors (Lipinski definition) is 1. The van der Waals surface area contributed by atoms with Gasteiger partial charge in [-0.15, -0.1) is 0 Å². The Morgan fingerprint density at radius 2 is 2.06 bits per heavy atom. The molecule has 1 unspecified atom stereocenters. The highest BCUT2D eigenvalue weighted by Gasteiger charge is 2.13. The van der Waals surface area contributed by atoms with Crippen molar-refractivity contribution in [1.29, 1.82) is 0 Å². The first kappa shape index (κ1) is 11.8. The quantitative estimate of drug-likeness (QED) is 0.876. The molecule has 0 aromatic carbocycles. The van der Waals surface area contributed by atoms with Crippen LogP contribution in [0.1, 0.15) is 29.9 Å². The lowest BCUT2D eigenvalue weighted by molar-refractivity contribution is 0.250. The maximum Gasteiger partial charge on any atom is 0.0925 e. The molecule has 0 amide bonds. The lowest BCUT2D eigenvalue weighted by atomic mass is 10.1. The van der Waals surface area contributed by atoms with Gasteiger partial charge >= 0.3 is 0 Å². The summed E-state index contributed by atoms with van der Waals surface area (Å²) in [6.45, 7) is 5.09. The minimum Gasteiger partial charge on any atom is -0.348 e. The summed E-state index contributed by atoms with van der Waals surface area (Å²) in [4.78, 5) is 13.7. The van der Waals surface area contributed by atoms with E-state index in [1.807, 2.05) is 19.3 Å². The Hall–Kier alpha value is -1.68. The average Bonchev–Trinajstić information content (AvgIpc) is 2.75. The highest BCUT2D eigenvalue weighted by Crippen LogP contribution is 2.19. The van der Waals surface area contributed by atoms with E-state index in [9.17, 15) is 0 Å². The minimum absolute atomic E-state index is 0.356. The Balaban J connectivity index is 2.06. The van der Waals surface area contributed by atoms with Crippen molar-refractivity contribution in [2.24, 2.45) is 0 Å². The molecule has 1 N–H and O–H groups in total. The Labute approximate surface area is 102 Å². The van der Waals surface area contributed by atoms with Crippen molar-refractivity contribution >= 4 is 0 Å². The molecule has 4 nitrogen and oxygen atoms in total. The van der Waals surface area contributed by atoms with Crippen LogP contribution in [0, 0.1) is 6.92 Å². The Morgan fingerprint density at radius 3 is 2.65 bits per heavy atom. The van der Waals surface area contributed by atoms with Gasteiger partial charge in [-0.25, -0.2) is 4.98 Å². The van der Waals surface area contributed by atoms with E-state index in [1.54, 1.807) is 6.33 Å². The third-order valence-electron chi connectivity index (χ3n) is 3.18. The summed E-state index contributed by atoms with van der Waals surface area (Å²) in [6, 6.07) is 4.46. The van der Waals surface area contributed by atoms with E-state index >= 15 is 0 Å². The Kier molecular flexibility index (Phi) is 3.54. The molecule has 17 heavy (non-hydrogen) atoms. The molecule has 0 spiro atoms. The number of imidazole rings is 1. The minimum atomic E-state index is 0.356. The first-order chi connectivity index (χ1) is 8.18. The summed E-state index contributed by atoms with van der Waals surface area (Å²) in [5, 5.41) is 0. The molecule has 0 aliphatic rings. The van der Waals surface area contributed by atoms with Gasteiger partial charge in [-0.05, 0) is 38.6 Å². The van der Waals surface area contributed by atoms with Gasteiger partial charge in [0.05, 0.1) is 12.0 Å². The van der Waals surface area contributed by atoms with Crippen molar-refractivity contribution in [3.8, 4) is 0 Å². The monoisotopic (exact) mass is 230 g/mol. The third-order valence-corrected chi connectivity index (χ3v) is 3.18. The number of aromatic nitrogens is 3. The second-order valence-electron chi connectivity index (χ2n) is 4.35. The van der Waals surface area contributed by atoms with E-state index < -0.39 is 0 Å². The Morgan fingerprint density at radius 1 is 1.35 bits per heavy atom. The third kappa shape index (κ3) is 2.71. The topological polar surface area (TPSA) is 44.8 Å². The molecule has 4 heteroatoms. The van der Waals surface area contributed by atoms with Crippen LogP contribution in [0.5, 0.6) is 0 Å². The van der Waals surface area contributed by atoms with E-state index in [1.165, 1.54) is 5.56 Å². The lowest BCUT2D eigenvalue weighted by Gasteiger charge is -2.24. The number of hydrogen-bond acceptors (Lipinski definition) is 3. The highest BCUT2D eigenvalue weighted by molar-refractivity contribution is 5.15. The first-order valence-corrected chi connectivity index (χ1v) is 5.77. The van der Waals surface area contributed by atoms with Gasteiger partial charge in [-0.3, -0.25) is 9.88 Å². The molecule has 0 radical (unpaired) electrons. The normalized spacial score (nSPS) is 12.9. The number of aromatic amines is 1. The summed E-state index contributed by atoms with van der Waals surface area (Å²) in [5.74, 6) is 0. The number of nitrogens with one attached hydrogen (secondary N) is 1. The maximum absolute atomic E-state index is 4.32. The zero-order chi connectivity index (χ0) is 12.3. The largest absolute Gasteiger partial charge is 0.348 e. The van der Waals surface area contributed by atoms with Gasteiger partial charge in [0.15, 0.2) is 0 Å². The smallest absolute Gasteiger partial charge is 0.0925 e. The van der Waals surface area contributed by atoms with Crippen molar-refractivity contribution in [3.05, 3.63) is 47.8 Å². The number of H-pyrrole nitrogens is 1. The van der Waals surface area contributed by atoms with E-state index in [4.69, 9.17) is 0 Å². The standard InChI is InChI=1S/C13H18N4/c1-10-13(16-9-15-10)8-17(3)11(2)12-4-6-14-7-5-12/h4-7,9,11H,8H2,1-3H3,(H,15,16). The number of nitrogens with zero attached hydrogens (tertiary/aromatic N) is 3. The van der Waals surface area contributed by atoms with Crippen molar-refractivity contribution in [1.82, 2.24) is 19.9 Å². The molecule has 0 saturated carbocycles. The van der Waals surface area contributed by atoms with E-state index in [-0.39, 0.29) is 0 Å². The van der Waals surface area contributed by atoms with Crippen molar-refractivity contribution in [3.63, 3.8) is 0 Å². The van der Waals surface area contributed by atoms with Crippen LogP contribution in [0.25, 0.3) is 0 Å².